The summed E-state index contributed by atoms with van der Waals surface area (Å²) in [6.07, 6.45) is 0. The number of para-hydroxylation sites is 1. The molecule has 0 radical (unpaired) electrons. The van der Waals surface area contributed by atoms with Crippen LogP contribution in [0.15, 0.2) is 90.0 Å². The number of rotatable bonds is 4. The smallest absolute Gasteiger partial charge is 0.258 e. The van der Waals surface area contributed by atoms with Crippen LogP contribution < -0.4 is 15.7 Å². The molecule has 0 fully saturated rings. The Morgan fingerprint density at radius 2 is 1.42 bits per heavy atom. The van der Waals surface area contributed by atoms with Crippen LogP contribution in [0, 0.1) is 10.1 Å². The van der Waals surface area contributed by atoms with Crippen LogP contribution in [0.1, 0.15) is 5.56 Å². The van der Waals surface area contributed by atoms with Crippen LogP contribution in [0.3, 0.4) is 0 Å². The fourth-order valence-corrected chi connectivity index (χ4v) is 2.67. The van der Waals surface area contributed by atoms with Gasteiger partial charge in [-0.15, -0.1) is 10.6 Å². The number of non-ortho nitro benzene ring substituents is 1. The van der Waals surface area contributed by atoms with E-state index in [1.807, 2.05) is 65.7 Å². The fourth-order valence-electron chi connectivity index (χ4n) is 2.67. The first-order chi connectivity index (χ1) is 12.7. The molecule has 1 N–H and O–H groups in total. The molecule has 1 aliphatic heterocycles. The van der Waals surface area contributed by atoms with Crippen molar-refractivity contribution in [2.24, 2.45) is 5.10 Å². The molecule has 0 spiro atoms. The van der Waals surface area contributed by atoms with Gasteiger partial charge >= 0.3 is 0 Å². The van der Waals surface area contributed by atoms with Crippen molar-refractivity contribution in [1.82, 2.24) is 5.53 Å². The van der Waals surface area contributed by atoms with Crippen molar-refractivity contribution in [3.63, 3.8) is 0 Å². The summed E-state index contributed by atoms with van der Waals surface area (Å²) in [4.78, 5) is 10.4. The van der Waals surface area contributed by atoms with E-state index < -0.39 is 4.92 Å². The summed E-state index contributed by atoms with van der Waals surface area (Å²) in [5, 5.41) is 19.0. The van der Waals surface area contributed by atoms with Crippen molar-refractivity contribution in [3.8, 4) is 0 Å². The molecule has 0 aliphatic carbocycles. The van der Waals surface area contributed by atoms with Crippen LogP contribution in [0.25, 0.3) is 0 Å². The molecule has 0 bridgehead atoms. The van der Waals surface area contributed by atoms with Gasteiger partial charge < -0.3 is 0 Å². The lowest BCUT2D eigenvalue weighted by Crippen LogP contribution is -2.43. The van der Waals surface area contributed by atoms with Gasteiger partial charge in [0, 0.05) is 17.7 Å². The molecule has 0 amide bonds. The highest BCUT2D eigenvalue weighted by molar-refractivity contribution is 6.11. The summed E-state index contributed by atoms with van der Waals surface area (Å²) < 4.78 is 0. The van der Waals surface area contributed by atoms with Gasteiger partial charge in [-0.2, -0.15) is 5.12 Å². The van der Waals surface area contributed by atoms with E-state index in [0.717, 1.165) is 17.1 Å². The maximum Gasteiger partial charge on any atom is 0.269 e. The Kier molecular flexibility index (Phi) is 4.04. The third-order valence-corrected chi connectivity index (χ3v) is 3.95. The van der Waals surface area contributed by atoms with E-state index in [9.17, 15) is 10.1 Å². The van der Waals surface area contributed by atoms with E-state index in [1.54, 1.807) is 17.3 Å². The number of hydrogen-bond donors (Lipinski definition) is 1. The topological polar surface area (TPSA) is 74.0 Å². The van der Waals surface area contributed by atoms with Crippen LogP contribution >= 0.6 is 0 Å². The van der Waals surface area contributed by atoms with Crippen LogP contribution in [-0.4, -0.2) is 10.8 Å². The van der Waals surface area contributed by atoms with Gasteiger partial charge in [0.05, 0.1) is 16.3 Å². The maximum absolute atomic E-state index is 10.8. The highest BCUT2D eigenvalue weighted by atomic mass is 16.6. The highest BCUT2D eigenvalue weighted by Crippen LogP contribution is 2.25. The van der Waals surface area contributed by atoms with Gasteiger partial charge in [0.1, 0.15) is 0 Å². The van der Waals surface area contributed by atoms with Crippen molar-refractivity contribution in [3.05, 3.63) is 101 Å². The predicted octanol–water partition coefficient (Wildman–Crippen LogP) is 3.70. The van der Waals surface area contributed by atoms with Crippen molar-refractivity contribution in [2.75, 3.05) is 10.1 Å². The number of nitro groups is 1. The number of amidine groups is 1. The van der Waals surface area contributed by atoms with Crippen molar-refractivity contribution in [2.45, 2.75) is 0 Å². The number of hydrogen-bond acceptors (Lipinski definition) is 6. The molecule has 0 aromatic heterocycles. The first-order valence-electron chi connectivity index (χ1n) is 8.02. The SMILES string of the molecule is O=[N+]([O-])c1ccc(N2N=C(c3ccccc3)N(c3ccccc3)N2)cc1. The quantitative estimate of drug-likeness (QED) is 0.576. The molecule has 0 atom stereocenters. The van der Waals surface area contributed by atoms with Gasteiger partial charge in [-0.25, -0.2) is 5.01 Å². The number of hydrazine groups is 2. The molecular weight excluding hydrogens is 330 g/mol. The molecule has 7 heteroatoms. The summed E-state index contributed by atoms with van der Waals surface area (Å²) >= 11 is 0. The van der Waals surface area contributed by atoms with E-state index in [-0.39, 0.29) is 5.69 Å². The van der Waals surface area contributed by atoms with Crippen LogP contribution in [-0.2, 0) is 0 Å². The second-order valence-electron chi connectivity index (χ2n) is 5.65. The third kappa shape index (κ3) is 2.99. The van der Waals surface area contributed by atoms with Crippen LogP contribution in [0.5, 0.6) is 0 Å². The Bertz CT molecular complexity index is 943. The second-order valence-corrected chi connectivity index (χ2v) is 5.65. The molecular formula is C19H15N5O2. The van der Waals surface area contributed by atoms with Gasteiger partial charge in [-0.3, -0.25) is 10.1 Å². The summed E-state index contributed by atoms with van der Waals surface area (Å²) in [5.41, 5.74) is 5.83. The zero-order chi connectivity index (χ0) is 17.9. The van der Waals surface area contributed by atoms with E-state index in [2.05, 4.69) is 10.6 Å². The Hall–Kier alpha value is -3.71. The third-order valence-electron chi connectivity index (χ3n) is 3.95. The molecule has 0 unspecified atom stereocenters. The van der Waals surface area contributed by atoms with E-state index in [0.29, 0.717) is 5.69 Å². The molecule has 7 nitrogen and oxygen atoms in total. The number of nitrogens with one attached hydrogen (secondary N) is 1. The molecule has 26 heavy (non-hydrogen) atoms. The van der Waals surface area contributed by atoms with E-state index >= 15 is 0 Å². The highest BCUT2D eigenvalue weighted by Gasteiger charge is 2.26. The number of nitrogens with zero attached hydrogens (tertiary/aromatic N) is 4. The Balaban J connectivity index is 1.71. The molecule has 1 heterocycles. The zero-order valence-corrected chi connectivity index (χ0v) is 13.7. The average Bonchev–Trinajstić information content (AvgIpc) is 3.15. The molecule has 3 aromatic carbocycles. The first-order valence-corrected chi connectivity index (χ1v) is 8.02. The lowest BCUT2D eigenvalue weighted by Gasteiger charge is -2.22. The van der Waals surface area contributed by atoms with Gasteiger partial charge in [0.15, 0.2) is 5.84 Å². The summed E-state index contributed by atoms with van der Waals surface area (Å²) in [7, 11) is 0. The Morgan fingerprint density at radius 3 is 2.04 bits per heavy atom. The van der Waals surface area contributed by atoms with Gasteiger partial charge in [-0.1, -0.05) is 48.5 Å². The molecule has 0 saturated heterocycles. The standard InChI is InChI=1S/C19H15N5O2/c25-24(26)18-13-11-17(12-14-18)23-20-19(15-7-3-1-4-8-15)22(21-23)16-9-5-2-6-10-16/h1-14,21H. The maximum atomic E-state index is 10.8. The van der Waals surface area contributed by atoms with Crippen LogP contribution in [0.2, 0.25) is 0 Å². The molecule has 1 aliphatic rings. The van der Waals surface area contributed by atoms with Gasteiger partial charge in [-0.05, 0) is 24.3 Å². The fraction of sp³-hybridized carbons (Fsp3) is 0. The lowest BCUT2D eigenvalue weighted by molar-refractivity contribution is -0.384. The number of hydrazone groups is 1. The largest absolute Gasteiger partial charge is 0.269 e. The second kappa shape index (κ2) is 6.66. The summed E-state index contributed by atoms with van der Waals surface area (Å²) in [6, 6.07) is 25.9. The molecule has 4 rings (SSSR count). The summed E-state index contributed by atoms with van der Waals surface area (Å²) in [5.74, 6) is 0.732. The minimum Gasteiger partial charge on any atom is -0.258 e. The van der Waals surface area contributed by atoms with Crippen molar-refractivity contribution in [1.29, 1.82) is 0 Å². The normalized spacial score (nSPS) is 13.6. The minimum atomic E-state index is -0.421. The first kappa shape index (κ1) is 15.8. The minimum absolute atomic E-state index is 0.0418. The molecule has 3 aromatic rings. The van der Waals surface area contributed by atoms with Crippen LogP contribution in [0.4, 0.5) is 17.1 Å². The predicted molar refractivity (Wildman–Crippen MR) is 101 cm³/mol. The molecule has 0 saturated carbocycles. The van der Waals surface area contributed by atoms with E-state index in [1.165, 1.54) is 12.1 Å². The van der Waals surface area contributed by atoms with Crippen molar-refractivity contribution < 1.29 is 4.92 Å². The number of anilines is 2. The lowest BCUT2D eigenvalue weighted by atomic mass is 10.2. The van der Waals surface area contributed by atoms with Crippen molar-refractivity contribution >= 4 is 22.9 Å². The van der Waals surface area contributed by atoms with Gasteiger partial charge in [0.2, 0.25) is 0 Å². The van der Waals surface area contributed by atoms with E-state index in [4.69, 9.17) is 0 Å². The summed E-state index contributed by atoms with van der Waals surface area (Å²) in [6.45, 7) is 0. The van der Waals surface area contributed by atoms with Gasteiger partial charge in [0.25, 0.3) is 5.69 Å². The average molecular weight is 345 g/mol. The zero-order valence-electron chi connectivity index (χ0n) is 13.7. The monoisotopic (exact) mass is 345 g/mol. The molecule has 128 valence electrons. The Morgan fingerprint density at radius 1 is 0.808 bits per heavy atom. The number of nitro benzene ring substituents is 1. The Labute approximate surface area is 149 Å². The number of benzene rings is 3.